The highest BCUT2D eigenvalue weighted by Crippen LogP contribution is 2.28. The summed E-state index contributed by atoms with van der Waals surface area (Å²) in [6.07, 6.45) is 15.8. The van der Waals surface area contributed by atoms with Gasteiger partial charge in [0.25, 0.3) is 0 Å². The summed E-state index contributed by atoms with van der Waals surface area (Å²) in [5, 5.41) is 11.7. The molecule has 0 amide bonds. The van der Waals surface area contributed by atoms with Crippen LogP contribution >= 0.6 is 0 Å². The van der Waals surface area contributed by atoms with Crippen LogP contribution in [0.15, 0.2) is 103 Å². The molecule has 0 bridgehead atoms. The highest BCUT2D eigenvalue weighted by Gasteiger charge is 2.16. The predicted octanol–water partition coefficient (Wildman–Crippen LogP) is 7.21. The molecule has 212 valence electrons. The number of ether oxygens (including phenoxy) is 3. The van der Waals surface area contributed by atoms with Crippen LogP contribution in [0.25, 0.3) is 18.2 Å². The van der Waals surface area contributed by atoms with E-state index in [2.05, 4.69) is 22.3 Å². The maximum absolute atomic E-state index is 8.67. The Morgan fingerprint density at radius 1 is 1.00 bits per heavy atom. The van der Waals surface area contributed by atoms with Crippen molar-refractivity contribution in [2.24, 2.45) is 0 Å². The van der Waals surface area contributed by atoms with E-state index >= 15 is 0 Å². The monoisotopic (exact) mass is 549 g/mol. The number of hydrogen-bond acceptors (Lipinski definition) is 6. The van der Waals surface area contributed by atoms with Gasteiger partial charge in [0.05, 0.1) is 18.9 Å². The number of anilines is 1. The summed E-state index contributed by atoms with van der Waals surface area (Å²) in [4.78, 5) is 2.06. The van der Waals surface area contributed by atoms with E-state index in [0.717, 1.165) is 59.0 Å². The SMILES string of the molecule is CN/C=C\c1ccc(/C=C/C(=N)/C=C(/C=C/c2ccc(OCC3CCCO3)cc2OC)N(C)c2ccccc2)cc1. The van der Waals surface area contributed by atoms with E-state index < -0.39 is 0 Å². The summed E-state index contributed by atoms with van der Waals surface area (Å²) in [5.74, 6) is 1.47. The molecule has 0 spiro atoms. The molecule has 6 nitrogen and oxygen atoms in total. The minimum atomic E-state index is 0.158. The first kappa shape index (κ1) is 29.4. The molecular formula is C35H39N3O3. The van der Waals surface area contributed by atoms with Gasteiger partial charge in [-0.3, -0.25) is 0 Å². The summed E-state index contributed by atoms with van der Waals surface area (Å²) in [6.45, 7) is 1.35. The molecule has 1 fully saturated rings. The van der Waals surface area contributed by atoms with Gasteiger partial charge in [0, 0.05) is 43.7 Å². The molecule has 1 saturated heterocycles. The van der Waals surface area contributed by atoms with Gasteiger partial charge in [-0.2, -0.15) is 0 Å². The van der Waals surface area contributed by atoms with Gasteiger partial charge in [-0.25, -0.2) is 0 Å². The molecule has 1 aliphatic rings. The van der Waals surface area contributed by atoms with Crippen molar-refractivity contribution in [1.29, 1.82) is 5.41 Å². The van der Waals surface area contributed by atoms with Crippen molar-refractivity contribution in [2.45, 2.75) is 18.9 Å². The van der Waals surface area contributed by atoms with Crippen LogP contribution in [0.1, 0.15) is 29.5 Å². The van der Waals surface area contributed by atoms with Crippen molar-refractivity contribution >= 4 is 29.6 Å². The molecule has 2 N–H and O–H groups in total. The van der Waals surface area contributed by atoms with Crippen molar-refractivity contribution in [1.82, 2.24) is 5.32 Å². The Bertz CT molecular complexity index is 1390. The third-order valence-electron chi connectivity index (χ3n) is 6.77. The quantitative estimate of drug-likeness (QED) is 0.174. The van der Waals surface area contributed by atoms with E-state index in [0.29, 0.717) is 12.3 Å². The number of rotatable bonds is 13. The highest BCUT2D eigenvalue weighted by molar-refractivity contribution is 6.05. The van der Waals surface area contributed by atoms with Gasteiger partial charge in [0.15, 0.2) is 0 Å². The number of hydrogen-bond donors (Lipinski definition) is 2. The summed E-state index contributed by atoms with van der Waals surface area (Å²) < 4.78 is 17.3. The van der Waals surface area contributed by atoms with Crippen molar-refractivity contribution < 1.29 is 14.2 Å². The Labute approximate surface area is 243 Å². The second kappa shape index (κ2) is 15.3. The van der Waals surface area contributed by atoms with Crippen LogP contribution in [-0.4, -0.2) is 46.2 Å². The Morgan fingerprint density at radius 3 is 2.44 bits per heavy atom. The fraction of sp³-hybridized carbons (Fsp3) is 0.229. The fourth-order valence-corrected chi connectivity index (χ4v) is 4.41. The second-order valence-corrected chi connectivity index (χ2v) is 9.72. The molecule has 1 unspecified atom stereocenters. The van der Waals surface area contributed by atoms with Gasteiger partial charge in [-0.1, -0.05) is 48.5 Å². The van der Waals surface area contributed by atoms with Crippen molar-refractivity contribution in [3.63, 3.8) is 0 Å². The van der Waals surface area contributed by atoms with E-state index in [1.54, 1.807) is 7.11 Å². The first-order chi connectivity index (χ1) is 20.1. The first-order valence-corrected chi connectivity index (χ1v) is 13.9. The molecule has 3 aromatic carbocycles. The lowest BCUT2D eigenvalue weighted by Crippen LogP contribution is -2.16. The second-order valence-electron chi connectivity index (χ2n) is 9.72. The zero-order chi connectivity index (χ0) is 28.9. The number of nitrogens with one attached hydrogen (secondary N) is 2. The smallest absolute Gasteiger partial charge is 0.129 e. The molecule has 1 atom stereocenters. The van der Waals surface area contributed by atoms with Crippen LogP contribution in [0.5, 0.6) is 11.5 Å². The fourth-order valence-electron chi connectivity index (χ4n) is 4.41. The number of likely N-dealkylation sites (N-methyl/N-ethyl adjacent to an activating group) is 1. The molecule has 4 rings (SSSR count). The third kappa shape index (κ3) is 8.98. The summed E-state index contributed by atoms with van der Waals surface area (Å²) in [6, 6.07) is 24.1. The number of benzene rings is 3. The van der Waals surface area contributed by atoms with Gasteiger partial charge in [0.2, 0.25) is 0 Å². The van der Waals surface area contributed by atoms with Crippen LogP contribution in [0.2, 0.25) is 0 Å². The van der Waals surface area contributed by atoms with Crippen molar-refractivity contribution in [3.8, 4) is 11.5 Å². The zero-order valence-electron chi connectivity index (χ0n) is 24.0. The normalized spacial score (nSPS) is 15.6. The molecule has 0 radical (unpaired) electrons. The highest BCUT2D eigenvalue weighted by atomic mass is 16.5. The topological polar surface area (TPSA) is 66.8 Å². The summed E-state index contributed by atoms with van der Waals surface area (Å²) in [5.41, 5.74) is 5.33. The maximum Gasteiger partial charge on any atom is 0.129 e. The van der Waals surface area contributed by atoms with Gasteiger partial charge in [0.1, 0.15) is 18.1 Å². The van der Waals surface area contributed by atoms with Gasteiger partial charge >= 0.3 is 0 Å². The zero-order valence-corrected chi connectivity index (χ0v) is 24.0. The van der Waals surface area contributed by atoms with E-state index in [-0.39, 0.29) is 6.10 Å². The molecule has 0 saturated carbocycles. The largest absolute Gasteiger partial charge is 0.496 e. The van der Waals surface area contributed by atoms with E-state index in [4.69, 9.17) is 19.6 Å². The third-order valence-corrected chi connectivity index (χ3v) is 6.77. The minimum absolute atomic E-state index is 0.158. The Balaban J connectivity index is 1.52. The van der Waals surface area contributed by atoms with Crippen LogP contribution in [0.3, 0.4) is 0 Å². The molecule has 6 heteroatoms. The van der Waals surface area contributed by atoms with Crippen LogP contribution < -0.4 is 19.7 Å². The molecule has 0 aromatic heterocycles. The number of methoxy groups -OCH3 is 1. The minimum Gasteiger partial charge on any atom is -0.496 e. The summed E-state index contributed by atoms with van der Waals surface area (Å²) >= 11 is 0. The number of allylic oxidation sites excluding steroid dienone is 3. The lowest BCUT2D eigenvalue weighted by Gasteiger charge is -2.21. The Kier molecular flexibility index (Phi) is 11.0. The standard InChI is InChI=1S/C35H39N3O3/c1-37-22-21-28-13-11-27(12-14-28)15-18-30(36)24-32(38(2)31-8-5-4-6-9-31)19-16-29-17-20-33(25-35(29)39-3)41-26-34-10-7-23-40-34/h4-6,8-9,11-22,24-25,34,36-37H,7,10,23,26H2,1-3H3/b18-15+,19-16+,22-21-,32-24-,36-30?. The van der Waals surface area contributed by atoms with Crippen molar-refractivity contribution in [3.05, 3.63) is 120 Å². The van der Waals surface area contributed by atoms with Crippen molar-refractivity contribution in [2.75, 3.05) is 39.3 Å². The lowest BCUT2D eigenvalue weighted by molar-refractivity contribution is 0.0679. The molecular weight excluding hydrogens is 510 g/mol. The first-order valence-electron chi connectivity index (χ1n) is 13.9. The maximum atomic E-state index is 8.67. The van der Waals surface area contributed by atoms with Gasteiger partial charge < -0.3 is 29.8 Å². The molecule has 1 aliphatic heterocycles. The van der Waals surface area contributed by atoms with Crippen LogP contribution in [0.4, 0.5) is 5.69 Å². The molecule has 0 aliphatic carbocycles. The number of nitrogens with zero attached hydrogens (tertiary/aromatic N) is 1. The predicted molar refractivity (Wildman–Crippen MR) is 171 cm³/mol. The average molecular weight is 550 g/mol. The number of para-hydroxylation sites is 1. The van der Waals surface area contributed by atoms with Gasteiger partial charge in [-0.05, 0) is 84.8 Å². The Hall–Kier alpha value is -4.55. The van der Waals surface area contributed by atoms with Crippen LogP contribution in [-0.2, 0) is 4.74 Å². The Morgan fingerprint density at radius 2 is 1.76 bits per heavy atom. The van der Waals surface area contributed by atoms with Gasteiger partial charge in [-0.15, -0.1) is 0 Å². The van der Waals surface area contributed by atoms with E-state index in [9.17, 15) is 0 Å². The lowest BCUT2D eigenvalue weighted by atomic mass is 10.1. The average Bonchev–Trinajstić information content (AvgIpc) is 3.54. The molecule has 1 heterocycles. The molecule has 3 aromatic rings. The molecule has 41 heavy (non-hydrogen) atoms. The summed E-state index contributed by atoms with van der Waals surface area (Å²) in [7, 11) is 5.54. The van der Waals surface area contributed by atoms with E-state index in [1.807, 2.05) is 117 Å². The van der Waals surface area contributed by atoms with E-state index in [1.165, 1.54) is 0 Å². The van der Waals surface area contributed by atoms with Crippen LogP contribution in [0, 0.1) is 5.41 Å².